The molecule has 0 bridgehead atoms. The number of anilines is 1. The van der Waals surface area contributed by atoms with Crippen molar-refractivity contribution in [1.29, 1.82) is 0 Å². The number of ether oxygens (including phenoxy) is 1. The van der Waals surface area contributed by atoms with Crippen LogP contribution in [0.15, 0.2) is 12.1 Å². The maximum atomic E-state index is 13.5. The van der Waals surface area contributed by atoms with Crippen LogP contribution < -0.4 is 10.5 Å². The summed E-state index contributed by atoms with van der Waals surface area (Å²) in [5, 5.41) is 0. The van der Waals surface area contributed by atoms with Crippen molar-refractivity contribution < 1.29 is 9.13 Å². The van der Waals surface area contributed by atoms with E-state index in [2.05, 4.69) is 11.2 Å². The number of methoxy groups -OCH3 is 1. The van der Waals surface area contributed by atoms with Crippen molar-refractivity contribution in [1.82, 2.24) is 9.55 Å². The Hall–Kier alpha value is -1.43. The predicted octanol–water partition coefficient (Wildman–Crippen LogP) is 2.52. The molecule has 0 amide bonds. The lowest BCUT2D eigenvalue weighted by atomic mass is 10.3. The van der Waals surface area contributed by atoms with Gasteiger partial charge in [-0.2, -0.15) is 11.8 Å². The Morgan fingerprint density at radius 3 is 2.94 bits per heavy atom. The fourth-order valence-electron chi connectivity index (χ4n) is 1.90. The van der Waals surface area contributed by atoms with Gasteiger partial charge in [-0.15, -0.1) is 0 Å². The third-order valence-electron chi connectivity index (χ3n) is 2.78. The second kappa shape index (κ2) is 5.48. The Bertz CT molecular complexity index is 556. The van der Waals surface area contributed by atoms with E-state index in [4.69, 9.17) is 10.5 Å². The van der Waals surface area contributed by atoms with Crippen LogP contribution in [0.4, 0.5) is 10.3 Å². The number of hydrogen-bond acceptors (Lipinski definition) is 4. The van der Waals surface area contributed by atoms with E-state index in [1.807, 2.05) is 4.57 Å². The Morgan fingerprint density at radius 1 is 1.50 bits per heavy atom. The summed E-state index contributed by atoms with van der Waals surface area (Å²) in [5.74, 6) is 1.27. The molecule has 0 aliphatic rings. The molecule has 1 aromatic carbocycles. The largest absolute Gasteiger partial charge is 0.494 e. The number of halogens is 1. The Labute approximate surface area is 109 Å². The predicted molar refractivity (Wildman–Crippen MR) is 73.7 cm³/mol. The number of benzene rings is 1. The smallest absolute Gasteiger partial charge is 0.201 e. The number of aromatic nitrogens is 2. The van der Waals surface area contributed by atoms with Gasteiger partial charge in [0.25, 0.3) is 0 Å². The maximum absolute atomic E-state index is 13.5. The highest BCUT2D eigenvalue weighted by atomic mass is 32.2. The number of thioether (sulfide) groups is 1. The zero-order valence-corrected chi connectivity index (χ0v) is 11.3. The fraction of sp³-hybridized carbons (Fsp3) is 0.417. The highest BCUT2D eigenvalue weighted by Gasteiger charge is 2.12. The summed E-state index contributed by atoms with van der Waals surface area (Å²) >= 11 is 1.79. The van der Waals surface area contributed by atoms with Crippen molar-refractivity contribution in [2.45, 2.75) is 13.0 Å². The second-order valence-corrected chi connectivity index (χ2v) is 4.93. The van der Waals surface area contributed by atoms with Crippen LogP contribution in [0.1, 0.15) is 6.42 Å². The van der Waals surface area contributed by atoms with Crippen molar-refractivity contribution in [3.8, 4) is 5.75 Å². The van der Waals surface area contributed by atoms with Crippen LogP contribution in [0, 0.1) is 5.82 Å². The number of nitrogen functional groups attached to an aromatic ring is 1. The molecule has 1 aromatic heterocycles. The van der Waals surface area contributed by atoms with Crippen LogP contribution in [0.5, 0.6) is 5.75 Å². The minimum atomic E-state index is -0.418. The molecule has 0 fully saturated rings. The number of fused-ring (bicyclic) bond motifs is 1. The van der Waals surface area contributed by atoms with E-state index < -0.39 is 5.82 Å². The minimum absolute atomic E-state index is 0.216. The lowest BCUT2D eigenvalue weighted by Gasteiger charge is -2.07. The average molecular weight is 269 g/mol. The third kappa shape index (κ3) is 2.38. The molecule has 0 saturated carbocycles. The molecule has 0 radical (unpaired) electrons. The molecule has 0 unspecified atom stereocenters. The molecule has 0 spiro atoms. The van der Waals surface area contributed by atoms with Crippen molar-refractivity contribution in [2.75, 3.05) is 24.9 Å². The molecule has 18 heavy (non-hydrogen) atoms. The number of rotatable bonds is 5. The standard InChI is InChI=1S/C12H16FN3OS/c1-17-11-7-10-9(6-8(11)13)15-12(14)16(10)4-3-5-18-2/h6-7H,3-5H2,1-2H3,(H2,14,15). The topological polar surface area (TPSA) is 53.1 Å². The first-order chi connectivity index (χ1) is 8.67. The summed E-state index contributed by atoms with van der Waals surface area (Å²) in [6, 6.07) is 3.00. The molecule has 0 saturated heterocycles. The van der Waals surface area contributed by atoms with Crippen LogP contribution in [0.25, 0.3) is 11.0 Å². The minimum Gasteiger partial charge on any atom is -0.494 e. The molecule has 1 heterocycles. The number of imidazole rings is 1. The summed E-state index contributed by atoms with van der Waals surface area (Å²) < 4.78 is 20.4. The van der Waals surface area contributed by atoms with E-state index in [-0.39, 0.29) is 5.75 Å². The number of nitrogens with two attached hydrogens (primary N) is 1. The lowest BCUT2D eigenvalue weighted by molar-refractivity contribution is 0.387. The molecular weight excluding hydrogens is 253 g/mol. The van der Waals surface area contributed by atoms with Crippen LogP contribution in [0.2, 0.25) is 0 Å². The number of hydrogen-bond donors (Lipinski definition) is 1. The fourth-order valence-corrected chi connectivity index (χ4v) is 2.32. The van der Waals surface area contributed by atoms with Gasteiger partial charge in [-0.1, -0.05) is 0 Å². The first-order valence-corrected chi connectivity index (χ1v) is 7.05. The number of aryl methyl sites for hydroxylation is 1. The first-order valence-electron chi connectivity index (χ1n) is 5.65. The normalized spacial score (nSPS) is 11.1. The van der Waals surface area contributed by atoms with Gasteiger partial charge in [-0.05, 0) is 18.4 Å². The van der Waals surface area contributed by atoms with Gasteiger partial charge in [0.15, 0.2) is 11.6 Å². The highest BCUT2D eigenvalue weighted by molar-refractivity contribution is 7.98. The van der Waals surface area contributed by atoms with E-state index in [1.54, 1.807) is 17.8 Å². The van der Waals surface area contributed by atoms with Gasteiger partial charge in [0, 0.05) is 18.7 Å². The van der Waals surface area contributed by atoms with E-state index in [0.29, 0.717) is 11.5 Å². The summed E-state index contributed by atoms with van der Waals surface area (Å²) in [4.78, 5) is 4.17. The Balaban J connectivity index is 2.41. The Morgan fingerprint density at radius 2 is 2.28 bits per heavy atom. The summed E-state index contributed by atoms with van der Waals surface area (Å²) in [5.41, 5.74) is 7.24. The second-order valence-electron chi connectivity index (χ2n) is 3.94. The van der Waals surface area contributed by atoms with E-state index in [0.717, 1.165) is 24.2 Å². The van der Waals surface area contributed by atoms with Crippen LogP contribution in [-0.4, -0.2) is 28.7 Å². The molecule has 6 heteroatoms. The first kappa shape index (κ1) is 13.0. The van der Waals surface area contributed by atoms with Crippen molar-refractivity contribution in [3.63, 3.8) is 0 Å². The highest BCUT2D eigenvalue weighted by Crippen LogP contribution is 2.26. The molecule has 4 nitrogen and oxygen atoms in total. The lowest BCUT2D eigenvalue weighted by Crippen LogP contribution is -2.04. The molecule has 2 rings (SSSR count). The zero-order valence-electron chi connectivity index (χ0n) is 10.4. The van der Waals surface area contributed by atoms with Gasteiger partial charge < -0.3 is 15.0 Å². The maximum Gasteiger partial charge on any atom is 0.201 e. The van der Waals surface area contributed by atoms with E-state index in [9.17, 15) is 4.39 Å². The van der Waals surface area contributed by atoms with Crippen molar-refractivity contribution in [2.24, 2.45) is 0 Å². The molecule has 0 aliphatic carbocycles. The SMILES string of the molecule is COc1cc2c(cc1F)nc(N)n2CCCSC. The zero-order chi connectivity index (χ0) is 13.1. The van der Waals surface area contributed by atoms with Gasteiger partial charge in [-0.25, -0.2) is 9.37 Å². The van der Waals surface area contributed by atoms with Gasteiger partial charge >= 0.3 is 0 Å². The third-order valence-corrected chi connectivity index (χ3v) is 3.48. The Kier molecular flexibility index (Phi) is 3.96. The van der Waals surface area contributed by atoms with E-state index >= 15 is 0 Å². The van der Waals surface area contributed by atoms with Crippen molar-refractivity contribution in [3.05, 3.63) is 17.9 Å². The monoisotopic (exact) mass is 269 g/mol. The molecule has 2 N–H and O–H groups in total. The van der Waals surface area contributed by atoms with Gasteiger partial charge in [0.2, 0.25) is 5.95 Å². The van der Waals surface area contributed by atoms with Gasteiger partial charge in [0.1, 0.15) is 0 Å². The quantitative estimate of drug-likeness (QED) is 0.847. The van der Waals surface area contributed by atoms with Crippen LogP contribution in [0.3, 0.4) is 0 Å². The summed E-state index contributed by atoms with van der Waals surface area (Å²) in [6.45, 7) is 0.776. The van der Waals surface area contributed by atoms with Gasteiger partial charge in [0.05, 0.1) is 18.1 Å². The molecule has 2 aromatic rings. The average Bonchev–Trinajstić information content (AvgIpc) is 2.64. The molecule has 0 aliphatic heterocycles. The van der Waals surface area contributed by atoms with E-state index in [1.165, 1.54) is 13.2 Å². The molecular formula is C12H16FN3OS. The molecule has 98 valence electrons. The number of nitrogens with zero attached hydrogens (tertiary/aromatic N) is 2. The summed E-state index contributed by atoms with van der Waals surface area (Å²) in [6.07, 6.45) is 3.06. The van der Waals surface area contributed by atoms with Gasteiger partial charge in [-0.3, -0.25) is 0 Å². The van der Waals surface area contributed by atoms with Crippen LogP contribution in [-0.2, 0) is 6.54 Å². The summed E-state index contributed by atoms with van der Waals surface area (Å²) in [7, 11) is 1.45. The van der Waals surface area contributed by atoms with Crippen LogP contribution >= 0.6 is 11.8 Å². The molecule has 0 atom stereocenters. The van der Waals surface area contributed by atoms with Crippen molar-refractivity contribution >= 4 is 28.7 Å².